The van der Waals surface area contributed by atoms with Crippen molar-refractivity contribution in [3.63, 3.8) is 0 Å². The molecular formula is C12H11ClN2O2. The Morgan fingerprint density at radius 1 is 1.47 bits per heavy atom. The Morgan fingerprint density at radius 2 is 2.18 bits per heavy atom. The Morgan fingerprint density at radius 3 is 2.82 bits per heavy atom. The van der Waals surface area contributed by atoms with Crippen LogP contribution in [0.15, 0.2) is 30.5 Å². The van der Waals surface area contributed by atoms with Crippen LogP contribution < -0.4 is 0 Å². The van der Waals surface area contributed by atoms with Gasteiger partial charge in [0.15, 0.2) is 0 Å². The minimum Gasteiger partial charge on any atom is -0.481 e. The zero-order chi connectivity index (χ0) is 12.4. The smallest absolute Gasteiger partial charge is 0.309 e. The van der Waals surface area contributed by atoms with Gasteiger partial charge in [0.25, 0.3) is 0 Å². The Balaban J connectivity index is 2.43. The molecule has 0 spiro atoms. The van der Waals surface area contributed by atoms with Crippen molar-refractivity contribution in [2.24, 2.45) is 7.05 Å². The van der Waals surface area contributed by atoms with E-state index in [1.165, 1.54) is 0 Å². The second-order valence-electron chi connectivity index (χ2n) is 3.72. The topological polar surface area (TPSA) is 55.1 Å². The van der Waals surface area contributed by atoms with Crippen LogP contribution in [0, 0.1) is 0 Å². The van der Waals surface area contributed by atoms with Gasteiger partial charge >= 0.3 is 5.97 Å². The van der Waals surface area contributed by atoms with E-state index in [2.05, 4.69) is 4.98 Å². The van der Waals surface area contributed by atoms with E-state index >= 15 is 0 Å². The van der Waals surface area contributed by atoms with Gasteiger partial charge in [-0.05, 0) is 12.1 Å². The van der Waals surface area contributed by atoms with Gasteiger partial charge in [0.2, 0.25) is 0 Å². The zero-order valence-corrected chi connectivity index (χ0v) is 9.98. The number of carboxylic acid groups (broad SMARTS) is 1. The van der Waals surface area contributed by atoms with E-state index in [0.29, 0.717) is 16.5 Å². The van der Waals surface area contributed by atoms with E-state index in [4.69, 9.17) is 16.7 Å². The third-order valence-electron chi connectivity index (χ3n) is 2.37. The number of aliphatic carboxylic acids is 1. The Labute approximate surface area is 103 Å². The molecule has 1 N–H and O–H groups in total. The van der Waals surface area contributed by atoms with Crippen LogP contribution in [0.3, 0.4) is 0 Å². The zero-order valence-electron chi connectivity index (χ0n) is 9.22. The Kier molecular flexibility index (Phi) is 3.15. The molecule has 4 nitrogen and oxygen atoms in total. The lowest BCUT2D eigenvalue weighted by Crippen LogP contribution is -1.99. The van der Waals surface area contributed by atoms with Gasteiger partial charge in [0.1, 0.15) is 5.82 Å². The Hall–Kier alpha value is -1.81. The van der Waals surface area contributed by atoms with Crippen molar-refractivity contribution in [1.29, 1.82) is 0 Å². The van der Waals surface area contributed by atoms with Gasteiger partial charge in [-0.25, -0.2) is 4.98 Å². The summed E-state index contributed by atoms with van der Waals surface area (Å²) in [6, 6.07) is 7.34. The summed E-state index contributed by atoms with van der Waals surface area (Å²) in [5.74, 6) is -0.222. The van der Waals surface area contributed by atoms with Crippen molar-refractivity contribution in [3.8, 4) is 11.4 Å². The molecule has 2 rings (SSSR count). The second kappa shape index (κ2) is 4.59. The third kappa shape index (κ3) is 2.47. The molecule has 0 saturated carbocycles. The maximum absolute atomic E-state index is 10.6. The van der Waals surface area contributed by atoms with Crippen LogP contribution in [0.5, 0.6) is 0 Å². The maximum atomic E-state index is 10.6. The summed E-state index contributed by atoms with van der Waals surface area (Å²) in [6.07, 6.45) is 1.62. The number of aromatic nitrogens is 2. The molecule has 0 aliphatic heterocycles. The van der Waals surface area contributed by atoms with Crippen LogP contribution in [0.1, 0.15) is 5.69 Å². The average Bonchev–Trinajstić information content (AvgIpc) is 2.59. The second-order valence-corrected chi connectivity index (χ2v) is 4.12. The summed E-state index contributed by atoms with van der Waals surface area (Å²) < 4.78 is 1.78. The standard InChI is InChI=1S/C12H11ClN2O2/c1-15-7-8(6-11(16)17)14-12(15)9-4-2-3-5-10(9)13/h2-5,7H,6H2,1H3,(H,16,17). The van der Waals surface area contributed by atoms with Gasteiger partial charge in [0.05, 0.1) is 17.1 Å². The highest BCUT2D eigenvalue weighted by Gasteiger charge is 2.12. The summed E-state index contributed by atoms with van der Waals surface area (Å²) in [5, 5.41) is 9.32. The molecule has 1 aromatic carbocycles. The van der Waals surface area contributed by atoms with Crippen LogP contribution in [-0.4, -0.2) is 20.6 Å². The van der Waals surface area contributed by atoms with E-state index in [-0.39, 0.29) is 6.42 Å². The number of hydrogen-bond acceptors (Lipinski definition) is 2. The molecule has 0 radical (unpaired) electrons. The molecule has 0 unspecified atom stereocenters. The number of hydrogen-bond donors (Lipinski definition) is 1. The van der Waals surface area contributed by atoms with E-state index in [1.807, 2.05) is 25.2 Å². The molecule has 0 aliphatic rings. The molecule has 17 heavy (non-hydrogen) atoms. The van der Waals surface area contributed by atoms with Crippen molar-refractivity contribution in [2.45, 2.75) is 6.42 Å². The fourth-order valence-corrected chi connectivity index (χ4v) is 1.88. The minimum absolute atomic E-state index is 0.0850. The molecule has 0 amide bonds. The predicted molar refractivity (Wildman–Crippen MR) is 65.0 cm³/mol. The summed E-state index contributed by atoms with van der Waals surface area (Å²) in [4.78, 5) is 14.9. The van der Waals surface area contributed by atoms with Crippen molar-refractivity contribution in [1.82, 2.24) is 9.55 Å². The highest BCUT2D eigenvalue weighted by molar-refractivity contribution is 6.33. The first-order valence-corrected chi connectivity index (χ1v) is 5.44. The van der Waals surface area contributed by atoms with Crippen LogP contribution in [0.2, 0.25) is 5.02 Å². The fourth-order valence-electron chi connectivity index (χ4n) is 1.66. The molecule has 1 aromatic heterocycles. The van der Waals surface area contributed by atoms with Crippen molar-refractivity contribution in [3.05, 3.63) is 41.2 Å². The number of nitrogens with zero attached hydrogens (tertiary/aromatic N) is 2. The molecule has 0 bridgehead atoms. The summed E-state index contributed by atoms with van der Waals surface area (Å²) in [6.45, 7) is 0. The number of imidazole rings is 1. The van der Waals surface area contributed by atoms with Gasteiger partial charge in [-0.1, -0.05) is 23.7 Å². The summed E-state index contributed by atoms with van der Waals surface area (Å²) in [5.41, 5.74) is 1.32. The van der Waals surface area contributed by atoms with Gasteiger partial charge in [-0.3, -0.25) is 4.79 Å². The molecule has 0 aliphatic carbocycles. The Bertz CT molecular complexity index is 563. The SMILES string of the molecule is Cn1cc(CC(=O)O)nc1-c1ccccc1Cl. The number of rotatable bonds is 3. The number of carboxylic acids is 1. The monoisotopic (exact) mass is 250 g/mol. The molecule has 0 saturated heterocycles. The lowest BCUT2D eigenvalue weighted by molar-refractivity contribution is -0.136. The van der Waals surface area contributed by atoms with Gasteiger partial charge < -0.3 is 9.67 Å². The highest BCUT2D eigenvalue weighted by Crippen LogP contribution is 2.26. The number of carbonyl (C=O) groups is 1. The summed E-state index contributed by atoms with van der Waals surface area (Å²) >= 11 is 6.08. The number of aryl methyl sites for hydroxylation is 1. The largest absolute Gasteiger partial charge is 0.481 e. The number of halogens is 1. The lowest BCUT2D eigenvalue weighted by atomic mass is 10.2. The minimum atomic E-state index is -0.895. The van der Waals surface area contributed by atoms with Crippen molar-refractivity contribution in [2.75, 3.05) is 0 Å². The highest BCUT2D eigenvalue weighted by atomic mass is 35.5. The van der Waals surface area contributed by atoms with Crippen LogP contribution >= 0.6 is 11.6 Å². The van der Waals surface area contributed by atoms with Crippen LogP contribution in [-0.2, 0) is 18.3 Å². The fraction of sp³-hybridized carbons (Fsp3) is 0.167. The van der Waals surface area contributed by atoms with E-state index in [0.717, 1.165) is 5.56 Å². The molecule has 0 atom stereocenters. The average molecular weight is 251 g/mol. The predicted octanol–water partition coefficient (Wildman–Crippen LogP) is 2.37. The van der Waals surface area contributed by atoms with Crippen LogP contribution in [0.4, 0.5) is 0 Å². The molecule has 0 fully saturated rings. The first-order valence-electron chi connectivity index (χ1n) is 5.07. The first kappa shape index (κ1) is 11.7. The third-order valence-corrected chi connectivity index (χ3v) is 2.70. The maximum Gasteiger partial charge on any atom is 0.309 e. The van der Waals surface area contributed by atoms with E-state index in [9.17, 15) is 4.79 Å². The molecule has 2 aromatic rings. The van der Waals surface area contributed by atoms with Crippen molar-refractivity contribution < 1.29 is 9.90 Å². The van der Waals surface area contributed by atoms with Crippen molar-refractivity contribution >= 4 is 17.6 Å². The number of benzene rings is 1. The first-order chi connectivity index (χ1) is 8.08. The van der Waals surface area contributed by atoms with Crippen LogP contribution in [0.25, 0.3) is 11.4 Å². The quantitative estimate of drug-likeness (QED) is 0.910. The van der Waals surface area contributed by atoms with E-state index < -0.39 is 5.97 Å². The molecule has 88 valence electrons. The van der Waals surface area contributed by atoms with Gasteiger partial charge in [-0.15, -0.1) is 0 Å². The molecule has 1 heterocycles. The normalized spacial score (nSPS) is 10.5. The van der Waals surface area contributed by atoms with Gasteiger partial charge in [0, 0.05) is 18.8 Å². The van der Waals surface area contributed by atoms with E-state index in [1.54, 1.807) is 16.8 Å². The summed E-state index contributed by atoms with van der Waals surface area (Å²) in [7, 11) is 1.82. The lowest BCUT2D eigenvalue weighted by Gasteiger charge is -2.02. The molecule has 5 heteroatoms. The molecular weight excluding hydrogens is 240 g/mol. The van der Waals surface area contributed by atoms with Gasteiger partial charge in [-0.2, -0.15) is 0 Å².